The number of aromatic nitrogens is 3. The van der Waals surface area contributed by atoms with E-state index < -0.39 is 25.8 Å². The Bertz CT molecular complexity index is 2150. The summed E-state index contributed by atoms with van der Waals surface area (Å²) in [7, 11) is -0.794. The number of pyridine rings is 1. The van der Waals surface area contributed by atoms with Crippen LogP contribution in [0.25, 0.3) is 32.9 Å². The van der Waals surface area contributed by atoms with Crippen LogP contribution in [0.5, 0.6) is 11.6 Å². The monoisotopic (exact) mass is 761 g/mol. The topological polar surface area (TPSA) is 110 Å². The molecule has 1 amide bonds. The van der Waals surface area contributed by atoms with Crippen LogP contribution in [0, 0.1) is 23.1 Å². The number of ether oxygens (including phenoxy) is 3. The molecule has 2 bridgehead atoms. The van der Waals surface area contributed by atoms with Gasteiger partial charge in [0.25, 0.3) is 0 Å². The normalized spacial score (nSPS) is 19.5. The van der Waals surface area contributed by atoms with E-state index in [9.17, 15) is 9.90 Å². The summed E-state index contributed by atoms with van der Waals surface area (Å²) in [5.74, 6) is 3.03. The van der Waals surface area contributed by atoms with Gasteiger partial charge in [0.1, 0.15) is 48.7 Å². The van der Waals surface area contributed by atoms with Crippen molar-refractivity contribution in [1.29, 1.82) is 0 Å². The molecule has 0 radical (unpaired) electrons. The summed E-state index contributed by atoms with van der Waals surface area (Å²) in [4.78, 5) is 30.2. The number of rotatable bonds is 8. The van der Waals surface area contributed by atoms with E-state index in [1.165, 1.54) is 29.8 Å². The van der Waals surface area contributed by atoms with Gasteiger partial charge in [-0.25, -0.2) is 28.5 Å². The first-order chi connectivity index (χ1) is 25.3. The zero-order valence-electron chi connectivity index (χ0n) is 31.3. The molecule has 2 saturated heterocycles. The highest BCUT2D eigenvalue weighted by molar-refractivity contribution is 7.98. The van der Waals surface area contributed by atoms with E-state index in [0.29, 0.717) is 62.5 Å². The lowest BCUT2D eigenvalue weighted by molar-refractivity contribution is 0.0512. The molecular weight excluding hydrogens is 717 g/mol. The Morgan fingerprint density at radius 3 is 2.45 bits per heavy atom. The molecule has 280 valence electrons. The van der Waals surface area contributed by atoms with Crippen molar-refractivity contribution in [1.82, 2.24) is 19.9 Å². The second kappa shape index (κ2) is 14.2. The van der Waals surface area contributed by atoms with Crippen molar-refractivity contribution in [3.63, 3.8) is 0 Å². The minimum Gasteiger partial charge on any atom is -0.475 e. The average Bonchev–Trinajstić information content (AvgIpc) is 3.36. The molecule has 4 aromatic rings. The number of benzene rings is 2. The molecule has 1 N–H and O–H groups in total. The molecule has 2 aromatic carbocycles. The maximum Gasteiger partial charge on any atom is 0.407 e. The molecule has 0 saturated carbocycles. The fraction of sp³-hybridized carbons (Fsp3) is 0.487. The van der Waals surface area contributed by atoms with Crippen LogP contribution >= 0.6 is 11.8 Å². The Morgan fingerprint density at radius 1 is 1.06 bits per heavy atom. The van der Waals surface area contributed by atoms with Crippen molar-refractivity contribution in [2.45, 2.75) is 94.3 Å². The molecule has 5 heterocycles. The van der Waals surface area contributed by atoms with E-state index in [0.717, 1.165) is 6.42 Å². The summed E-state index contributed by atoms with van der Waals surface area (Å²) < 4.78 is 51.1. The van der Waals surface area contributed by atoms with E-state index in [2.05, 4.69) is 62.9 Å². The predicted octanol–water partition coefficient (Wildman–Crippen LogP) is 8.49. The number of halogens is 2. The minimum atomic E-state index is -2.30. The van der Waals surface area contributed by atoms with Crippen LogP contribution in [0.1, 0.15) is 59.9 Å². The summed E-state index contributed by atoms with van der Waals surface area (Å²) in [5.41, 5.74) is 4.94. The van der Waals surface area contributed by atoms with Gasteiger partial charge < -0.3 is 24.2 Å². The van der Waals surface area contributed by atoms with E-state index in [1.807, 2.05) is 6.26 Å². The smallest absolute Gasteiger partial charge is 0.407 e. The van der Waals surface area contributed by atoms with Crippen LogP contribution in [-0.4, -0.2) is 90.6 Å². The van der Waals surface area contributed by atoms with Crippen molar-refractivity contribution < 1.29 is 32.9 Å². The SMILES string of the molecule is COCOc1cc(-c2nc3c4c(nc(SC)nc4c2F)N2CC4CCC(C2CO3)N4C(=O)O)c2c(C#C[Si](C(C)C)(C(C)C)C(C)C)c(F)ccc2c1. The van der Waals surface area contributed by atoms with E-state index >= 15 is 8.78 Å². The number of hydrogen-bond donors (Lipinski definition) is 1. The summed E-state index contributed by atoms with van der Waals surface area (Å²) in [6.07, 6.45) is 2.25. The third kappa shape index (κ3) is 6.05. The predicted molar refractivity (Wildman–Crippen MR) is 206 cm³/mol. The van der Waals surface area contributed by atoms with Crippen LogP contribution in [0.15, 0.2) is 29.4 Å². The van der Waals surface area contributed by atoms with Gasteiger partial charge in [-0.05, 0) is 59.3 Å². The standard InChI is InChI=1S/C39H45F2N5O5SSi/c1-20(2)53(21(3)4,22(5)6)14-13-26-28(40)11-9-23-15-25(51-19-49-7)16-27(31(23)26)34-33(41)35-32-36(44-38(43-35)52-8)45-17-24-10-12-29(46(24)39(47)48)30(45)18-50-37(32)42-34/h9,11,15-16,20-22,24,29-30H,10,12,17-19H2,1-8H3,(H,47,48). The van der Waals surface area contributed by atoms with E-state index in [-0.39, 0.29) is 59.7 Å². The molecule has 3 atom stereocenters. The lowest BCUT2D eigenvalue weighted by atomic mass is 9.95. The van der Waals surface area contributed by atoms with E-state index in [1.54, 1.807) is 18.2 Å². The first kappa shape index (κ1) is 37.1. The van der Waals surface area contributed by atoms with E-state index in [4.69, 9.17) is 24.2 Å². The molecule has 7 rings (SSSR count). The number of hydrogen-bond acceptors (Lipinski definition) is 9. The van der Waals surface area contributed by atoms with Crippen molar-refractivity contribution in [3.05, 3.63) is 41.5 Å². The van der Waals surface area contributed by atoms with Gasteiger partial charge in [-0.3, -0.25) is 4.90 Å². The van der Waals surface area contributed by atoms with Gasteiger partial charge in [0.05, 0.1) is 23.7 Å². The van der Waals surface area contributed by atoms with Crippen LogP contribution < -0.4 is 14.4 Å². The third-order valence-electron chi connectivity index (χ3n) is 11.5. The summed E-state index contributed by atoms with van der Waals surface area (Å²) in [6.45, 7) is 13.6. The lowest BCUT2D eigenvalue weighted by Crippen LogP contribution is -2.62. The van der Waals surface area contributed by atoms with Crippen molar-refractivity contribution >= 4 is 53.4 Å². The molecule has 2 aromatic heterocycles. The highest BCUT2D eigenvalue weighted by Gasteiger charge is 2.51. The second-order valence-electron chi connectivity index (χ2n) is 15.0. The largest absolute Gasteiger partial charge is 0.475 e. The zero-order valence-corrected chi connectivity index (χ0v) is 33.1. The van der Waals surface area contributed by atoms with Crippen molar-refractivity contribution in [3.8, 4) is 34.4 Å². The van der Waals surface area contributed by atoms with Gasteiger partial charge in [-0.15, -0.1) is 5.54 Å². The van der Waals surface area contributed by atoms with Crippen LogP contribution in [0.3, 0.4) is 0 Å². The number of nitrogens with zero attached hydrogens (tertiary/aromatic N) is 5. The quantitative estimate of drug-likeness (QED) is 0.0617. The first-order valence-electron chi connectivity index (χ1n) is 18.1. The average molecular weight is 762 g/mol. The Kier molecular flexibility index (Phi) is 9.97. The number of thioether (sulfide) groups is 1. The molecule has 53 heavy (non-hydrogen) atoms. The molecule has 10 nitrogen and oxygen atoms in total. The molecule has 3 aliphatic heterocycles. The molecule has 3 aliphatic rings. The number of methoxy groups -OCH3 is 1. The van der Waals surface area contributed by atoms with Crippen molar-refractivity contribution in [2.75, 3.05) is 38.2 Å². The minimum absolute atomic E-state index is 0.0132. The van der Waals surface area contributed by atoms with Gasteiger partial charge in [-0.2, -0.15) is 0 Å². The maximum absolute atomic E-state index is 17.4. The van der Waals surface area contributed by atoms with Crippen LogP contribution in [-0.2, 0) is 4.74 Å². The van der Waals surface area contributed by atoms with Crippen molar-refractivity contribution in [2.24, 2.45) is 0 Å². The molecule has 14 heteroatoms. The Hall–Kier alpha value is -4.19. The maximum atomic E-state index is 17.4. The van der Waals surface area contributed by atoms with Gasteiger partial charge in [-0.1, -0.05) is 65.3 Å². The van der Waals surface area contributed by atoms with Crippen LogP contribution in [0.4, 0.5) is 19.4 Å². The van der Waals surface area contributed by atoms with Gasteiger partial charge in [0, 0.05) is 24.6 Å². The number of anilines is 1. The molecule has 3 unspecified atom stereocenters. The Morgan fingerprint density at radius 2 is 1.79 bits per heavy atom. The summed E-state index contributed by atoms with van der Waals surface area (Å²) in [6, 6.07) is 5.49. The number of carboxylic acid groups (broad SMARTS) is 1. The van der Waals surface area contributed by atoms with Gasteiger partial charge in [0.2, 0.25) is 5.88 Å². The summed E-state index contributed by atoms with van der Waals surface area (Å²) >= 11 is 1.28. The summed E-state index contributed by atoms with van der Waals surface area (Å²) in [5, 5.41) is 11.7. The highest BCUT2D eigenvalue weighted by Crippen LogP contribution is 2.47. The molecule has 0 aliphatic carbocycles. The van der Waals surface area contributed by atoms with Gasteiger partial charge in [0.15, 0.2) is 17.8 Å². The Balaban J connectivity index is 1.50. The second-order valence-corrected chi connectivity index (χ2v) is 21.4. The first-order valence-corrected chi connectivity index (χ1v) is 21.5. The van der Waals surface area contributed by atoms with Gasteiger partial charge >= 0.3 is 6.09 Å². The molecule has 0 spiro atoms. The molecule has 2 fully saturated rings. The molecular formula is C39H45F2N5O5SSi. The number of piperazine rings is 1. The highest BCUT2D eigenvalue weighted by atomic mass is 32.2. The van der Waals surface area contributed by atoms with Crippen LogP contribution in [0.2, 0.25) is 16.6 Å². The number of amides is 1. The lowest BCUT2D eigenvalue weighted by Gasteiger charge is -2.45. The zero-order chi connectivity index (χ0) is 37.9. The Labute approximate surface area is 313 Å². The number of carbonyl (C=O) groups is 1. The fourth-order valence-electron chi connectivity index (χ4n) is 9.17. The number of fused-ring (bicyclic) bond motifs is 6. The third-order valence-corrected chi connectivity index (χ3v) is 18.3. The fourth-order valence-corrected chi connectivity index (χ4v) is 14.7.